The van der Waals surface area contributed by atoms with Crippen LogP contribution in [-0.4, -0.2) is 17.7 Å². The number of carbonyl (C=O) groups excluding carboxylic acids is 1. The minimum atomic E-state index is -1.87. The van der Waals surface area contributed by atoms with Crippen molar-refractivity contribution in [1.82, 2.24) is 0 Å². The van der Waals surface area contributed by atoms with Crippen LogP contribution in [-0.2, 0) is 15.1 Å². The van der Waals surface area contributed by atoms with Crippen molar-refractivity contribution in [3.63, 3.8) is 0 Å². The van der Waals surface area contributed by atoms with E-state index in [0.717, 1.165) is 12.1 Å². The summed E-state index contributed by atoms with van der Waals surface area (Å²) in [4.78, 5) is 11.5. The van der Waals surface area contributed by atoms with Crippen LogP contribution in [0, 0.1) is 5.82 Å². The molecule has 3 nitrogen and oxygen atoms in total. The fraction of sp³-hybridized carbons (Fsp3) is 0.364. The SMILES string of the molecule is CCOC(=O)C(C)(O)c1ccc(F)cc1Cl. The smallest absolute Gasteiger partial charge is 0.342 e. The number of esters is 1. The number of hydrogen-bond donors (Lipinski definition) is 1. The third-order valence-corrected chi connectivity index (χ3v) is 2.44. The molecule has 16 heavy (non-hydrogen) atoms. The van der Waals surface area contributed by atoms with Crippen LogP contribution in [0.1, 0.15) is 19.4 Å². The molecule has 0 saturated heterocycles. The lowest BCUT2D eigenvalue weighted by atomic mass is 9.96. The zero-order chi connectivity index (χ0) is 12.3. The molecule has 0 spiro atoms. The first kappa shape index (κ1) is 12.9. The fourth-order valence-electron chi connectivity index (χ4n) is 1.27. The van der Waals surface area contributed by atoms with Crippen molar-refractivity contribution >= 4 is 17.6 Å². The number of aliphatic hydroxyl groups is 1. The molecule has 0 radical (unpaired) electrons. The van der Waals surface area contributed by atoms with Gasteiger partial charge in [-0.25, -0.2) is 9.18 Å². The zero-order valence-corrected chi connectivity index (χ0v) is 9.71. The summed E-state index contributed by atoms with van der Waals surface area (Å²) < 4.78 is 17.5. The van der Waals surface area contributed by atoms with Gasteiger partial charge in [0.25, 0.3) is 0 Å². The van der Waals surface area contributed by atoms with Crippen LogP contribution in [0.2, 0.25) is 5.02 Å². The molecule has 0 aliphatic heterocycles. The molecule has 0 aromatic heterocycles. The predicted octanol–water partition coefficient (Wildman–Crippen LogP) is 2.25. The van der Waals surface area contributed by atoms with E-state index < -0.39 is 17.4 Å². The predicted molar refractivity (Wildman–Crippen MR) is 57.6 cm³/mol. The van der Waals surface area contributed by atoms with Crippen LogP contribution >= 0.6 is 11.6 Å². The normalized spacial score (nSPS) is 14.3. The van der Waals surface area contributed by atoms with Crippen molar-refractivity contribution in [1.29, 1.82) is 0 Å². The Morgan fingerprint density at radius 1 is 1.62 bits per heavy atom. The summed E-state index contributed by atoms with van der Waals surface area (Å²) in [5, 5.41) is 9.96. The Kier molecular flexibility index (Phi) is 3.88. The maximum absolute atomic E-state index is 12.8. The molecule has 1 N–H and O–H groups in total. The molecule has 0 heterocycles. The fourth-order valence-corrected chi connectivity index (χ4v) is 1.62. The van der Waals surface area contributed by atoms with E-state index in [1.165, 1.54) is 13.0 Å². The van der Waals surface area contributed by atoms with Gasteiger partial charge in [-0.1, -0.05) is 17.7 Å². The number of halogens is 2. The molecule has 0 fully saturated rings. The van der Waals surface area contributed by atoms with Gasteiger partial charge in [0, 0.05) is 5.56 Å². The highest BCUT2D eigenvalue weighted by Gasteiger charge is 2.35. The van der Waals surface area contributed by atoms with Crippen LogP contribution in [0.4, 0.5) is 4.39 Å². The van der Waals surface area contributed by atoms with Crippen molar-refractivity contribution in [3.05, 3.63) is 34.6 Å². The maximum atomic E-state index is 12.8. The molecule has 5 heteroatoms. The summed E-state index contributed by atoms with van der Waals surface area (Å²) in [7, 11) is 0. The first-order valence-corrected chi connectivity index (χ1v) is 5.12. The quantitative estimate of drug-likeness (QED) is 0.832. The number of benzene rings is 1. The minimum absolute atomic E-state index is 0.0157. The summed E-state index contributed by atoms with van der Waals surface area (Å²) in [5.74, 6) is -1.35. The maximum Gasteiger partial charge on any atom is 0.342 e. The highest BCUT2D eigenvalue weighted by Crippen LogP contribution is 2.29. The van der Waals surface area contributed by atoms with E-state index in [1.807, 2.05) is 0 Å². The third kappa shape index (κ3) is 2.51. The molecule has 1 unspecified atom stereocenters. The van der Waals surface area contributed by atoms with E-state index in [4.69, 9.17) is 16.3 Å². The first-order valence-electron chi connectivity index (χ1n) is 4.74. The Balaban J connectivity index is 3.11. The third-order valence-electron chi connectivity index (χ3n) is 2.13. The molecule has 1 rings (SSSR count). The number of ether oxygens (including phenoxy) is 1. The Bertz CT molecular complexity index is 404. The lowest BCUT2D eigenvalue weighted by molar-refractivity contribution is -0.164. The molecule has 0 aliphatic carbocycles. The molecule has 88 valence electrons. The van der Waals surface area contributed by atoms with Crippen LogP contribution in [0.25, 0.3) is 0 Å². The van der Waals surface area contributed by atoms with Gasteiger partial charge < -0.3 is 9.84 Å². The van der Waals surface area contributed by atoms with E-state index in [2.05, 4.69) is 0 Å². The lowest BCUT2D eigenvalue weighted by Crippen LogP contribution is -2.34. The second kappa shape index (κ2) is 4.80. The van der Waals surface area contributed by atoms with Crippen molar-refractivity contribution < 1.29 is 19.0 Å². The van der Waals surface area contributed by atoms with Crippen molar-refractivity contribution in [2.24, 2.45) is 0 Å². The molecule has 0 aliphatic rings. The average molecular weight is 247 g/mol. The molecule has 1 aromatic carbocycles. The van der Waals surface area contributed by atoms with Crippen LogP contribution in [0.3, 0.4) is 0 Å². The summed E-state index contributed by atoms with van der Waals surface area (Å²) in [6.07, 6.45) is 0. The summed E-state index contributed by atoms with van der Waals surface area (Å²) in [6.45, 7) is 3.03. The van der Waals surface area contributed by atoms with E-state index in [-0.39, 0.29) is 17.2 Å². The van der Waals surface area contributed by atoms with E-state index in [9.17, 15) is 14.3 Å². The van der Waals surface area contributed by atoms with Crippen molar-refractivity contribution in [2.45, 2.75) is 19.4 Å². The van der Waals surface area contributed by atoms with E-state index >= 15 is 0 Å². The van der Waals surface area contributed by atoms with Gasteiger partial charge in [0.1, 0.15) is 5.82 Å². The van der Waals surface area contributed by atoms with Crippen LogP contribution in [0.15, 0.2) is 18.2 Å². The molecular formula is C11H12ClFO3. The molecule has 1 aromatic rings. The monoisotopic (exact) mass is 246 g/mol. The second-order valence-corrected chi connectivity index (χ2v) is 3.82. The molecule has 0 amide bonds. The number of carbonyl (C=O) groups is 1. The van der Waals surface area contributed by atoms with Crippen LogP contribution < -0.4 is 0 Å². The number of hydrogen-bond acceptors (Lipinski definition) is 3. The largest absolute Gasteiger partial charge is 0.464 e. The summed E-state index contributed by atoms with van der Waals surface area (Å²) >= 11 is 5.75. The van der Waals surface area contributed by atoms with Gasteiger partial charge in [-0.2, -0.15) is 0 Å². The Labute approximate surface area is 97.8 Å². The van der Waals surface area contributed by atoms with E-state index in [0.29, 0.717) is 0 Å². The molecular weight excluding hydrogens is 235 g/mol. The standard InChI is InChI=1S/C11H12ClFO3/c1-3-16-10(14)11(2,15)8-5-4-7(13)6-9(8)12/h4-6,15H,3H2,1-2H3. The Morgan fingerprint density at radius 2 is 2.25 bits per heavy atom. The topological polar surface area (TPSA) is 46.5 Å². The lowest BCUT2D eigenvalue weighted by Gasteiger charge is -2.22. The van der Waals surface area contributed by atoms with Gasteiger partial charge in [-0.05, 0) is 26.0 Å². The van der Waals surface area contributed by atoms with Crippen LogP contribution in [0.5, 0.6) is 0 Å². The Hall–Kier alpha value is -1.13. The molecule has 0 saturated carbocycles. The summed E-state index contributed by atoms with van der Waals surface area (Å²) in [5.41, 5.74) is -1.75. The highest BCUT2D eigenvalue weighted by atomic mass is 35.5. The van der Waals surface area contributed by atoms with Gasteiger partial charge in [-0.15, -0.1) is 0 Å². The van der Waals surface area contributed by atoms with Crippen molar-refractivity contribution in [2.75, 3.05) is 6.61 Å². The second-order valence-electron chi connectivity index (χ2n) is 3.42. The molecule has 0 bridgehead atoms. The summed E-state index contributed by atoms with van der Waals surface area (Å²) in [6, 6.07) is 3.41. The Morgan fingerprint density at radius 3 is 2.75 bits per heavy atom. The van der Waals surface area contributed by atoms with E-state index in [1.54, 1.807) is 6.92 Å². The van der Waals surface area contributed by atoms with Gasteiger partial charge in [0.15, 0.2) is 5.60 Å². The van der Waals surface area contributed by atoms with Gasteiger partial charge in [-0.3, -0.25) is 0 Å². The first-order chi connectivity index (χ1) is 7.39. The minimum Gasteiger partial charge on any atom is -0.464 e. The highest BCUT2D eigenvalue weighted by molar-refractivity contribution is 6.31. The van der Waals surface area contributed by atoms with Crippen molar-refractivity contribution in [3.8, 4) is 0 Å². The molecule has 1 atom stereocenters. The number of rotatable bonds is 3. The van der Waals surface area contributed by atoms with Gasteiger partial charge in [0.05, 0.1) is 11.6 Å². The van der Waals surface area contributed by atoms with Gasteiger partial charge >= 0.3 is 5.97 Å². The zero-order valence-electron chi connectivity index (χ0n) is 8.96. The average Bonchev–Trinajstić information content (AvgIpc) is 2.17. The van der Waals surface area contributed by atoms with Gasteiger partial charge in [0.2, 0.25) is 0 Å².